The maximum atomic E-state index is 4.72. The fourth-order valence-electron chi connectivity index (χ4n) is 3.06. The molecule has 5 rings (SSSR count). The molecular formula is C22H15N3S2. The molecule has 0 N–H and O–H groups in total. The normalized spacial score (nSPS) is 11.3. The number of benzene rings is 3. The molecule has 0 saturated heterocycles. The van der Waals surface area contributed by atoms with Gasteiger partial charge in [-0.25, -0.2) is 4.98 Å². The smallest absolute Gasteiger partial charge is 0.157 e. The van der Waals surface area contributed by atoms with Gasteiger partial charge in [-0.05, 0) is 30.8 Å². The molecule has 0 bridgehead atoms. The third-order valence-electron chi connectivity index (χ3n) is 4.44. The highest BCUT2D eigenvalue weighted by atomic mass is 32.2. The van der Waals surface area contributed by atoms with Crippen molar-refractivity contribution in [1.29, 1.82) is 0 Å². The molecule has 3 aromatic carbocycles. The minimum absolute atomic E-state index is 0.889. The van der Waals surface area contributed by atoms with Crippen LogP contribution in [0.1, 0.15) is 5.56 Å². The maximum Gasteiger partial charge on any atom is 0.157 e. The molecule has 0 radical (unpaired) electrons. The third-order valence-corrected chi connectivity index (χ3v) is 6.53. The lowest BCUT2D eigenvalue weighted by molar-refractivity contribution is 0.961. The van der Waals surface area contributed by atoms with Crippen LogP contribution in [0, 0.1) is 6.92 Å². The van der Waals surface area contributed by atoms with E-state index in [1.54, 1.807) is 23.1 Å². The highest BCUT2D eigenvalue weighted by Gasteiger charge is 2.14. The summed E-state index contributed by atoms with van der Waals surface area (Å²) < 4.78 is 2.17. The Morgan fingerprint density at radius 3 is 2.33 bits per heavy atom. The molecule has 5 heteroatoms. The third kappa shape index (κ3) is 3.09. The largest absolute Gasteiger partial charge is 0.229 e. The van der Waals surface area contributed by atoms with Gasteiger partial charge in [0.15, 0.2) is 4.34 Å². The van der Waals surface area contributed by atoms with Crippen LogP contribution in [0.25, 0.3) is 32.2 Å². The van der Waals surface area contributed by atoms with Gasteiger partial charge in [0.2, 0.25) is 0 Å². The Kier molecular flexibility index (Phi) is 4.11. The number of thiazole rings is 1. The molecule has 0 aliphatic rings. The van der Waals surface area contributed by atoms with E-state index in [0.717, 1.165) is 36.9 Å². The van der Waals surface area contributed by atoms with Gasteiger partial charge >= 0.3 is 0 Å². The van der Waals surface area contributed by atoms with Crippen molar-refractivity contribution in [3.05, 3.63) is 78.4 Å². The van der Waals surface area contributed by atoms with E-state index >= 15 is 0 Å². The van der Waals surface area contributed by atoms with Crippen LogP contribution in [0.4, 0.5) is 0 Å². The van der Waals surface area contributed by atoms with Gasteiger partial charge in [-0.1, -0.05) is 66.2 Å². The van der Waals surface area contributed by atoms with Crippen LogP contribution in [-0.4, -0.2) is 15.2 Å². The first kappa shape index (κ1) is 16.4. The second-order valence-electron chi connectivity index (χ2n) is 6.31. The molecule has 2 heterocycles. The van der Waals surface area contributed by atoms with Crippen molar-refractivity contribution in [2.24, 2.45) is 0 Å². The van der Waals surface area contributed by atoms with Crippen molar-refractivity contribution >= 4 is 44.1 Å². The zero-order chi connectivity index (χ0) is 18.2. The van der Waals surface area contributed by atoms with E-state index in [0.29, 0.717) is 0 Å². The lowest BCUT2D eigenvalue weighted by Crippen LogP contribution is -1.93. The summed E-state index contributed by atoms with van der Waals surface area (Å²) in [5.41, 5.74) is 4.26. The predicted octanol–water partition coefficient (Wildman–Crippen LogP) is 6.37. The van der Waals surface area contributed by atoms with E-state index < -0.39 is 0 Å². The van der Waals surface area contributed by atoms with Crippen LogP contribution in [0.3, 0.4) is 0 Å². The maximum absolute atomic E-state index is 4.72. The molecule has 0 aliphatic carbocycles. The van der Waals surface area contributed by atoms with Gasteiger partial charge in [-0.2, -0.15) is 0 Å². The summed E-state index contributed by atoms with van der Waals surface area (Å²) in [6.45, 7) is 2.09. The molecule has 0 saturated carbocycles. The number of nitrogens with zero attached hydrogens (tertiary/aromatic N) is 3. The Bertz CT molecular complexity index is 1230. The fraction of sp³-hybridized carbons (Fsp3) is 0.0455. The van der Waals surface area contributed by atoms with Gasteiger partial charge in [-0.3, -0.25) is 0 Å². The number of aryl methyl sites for hydroxylation is 1. The minimum atomic E-state index is 0.889. The molecule has 0 unspecified atom stereocenters. The Morgan fingerprint density at radius 1 is 0.778 bits per heavy atom. The van der Waals surface area contributed by atoms with Crippen molar-refractivity contribution in [1.82, 2.24) is 15.2 Å². The number of rotatable bonds is 3. The van der Waals surface area contributed by atoms with Crippen molar-refractivity contribution in [3.63, 3.8) is 0 Å². The second-order valence-corrected chi connectivity index (χ2v) is 8.58. The monoisotopic (exact) mass is 385 g/mol. The number of para-hydroxylation sites is 1. The highest BCUT2D eigenvalue weighted by Crippen LogP contribution is 2.38. The molecule has 2 aromatic heterocycles. The summed E-state index contributed by atoms with van der Waals surface area (Å²) in [5.74, 6) is 0. The fourth-order valence-corrected chi connectivity index (χ4v) is 5.11. The van der Waals surface area contributed by atoms with Crippen LogP contribution in [0.5, 0.6) is 0 Å². The van der Waals surface area contributed by atoms with E-state index in [9.17, 15) is 0 Å². The van der Waals surface area contributed by atoms with Crippen LogP contribution >= 0.6 is 23.1 Å². The first-order valence-corrected chi connectivity index (χ1v) is 10.3. The lowest BCUT2D eigenvalue weighted by Gasteiger charge is -2.08. The van der Waals surface area contributed by atoms with Crippen molar-refractivity contribution in [2.45, 2.75) is 16.3 Å². The molecule has 0 fully saturated rings. The van der Waals surface area contributed by atoms with Crippen LogP contribution < -0.4 is 0 Å². The van der Waals surface area contributed by atoms with Gasteiger partial charge in [0, 0.05) is 16.3 Å². The van der Waals surface area contributed by atoms with E-state index in [2.05, 4.69) is 59.6 Å². The van der Waals surface area contributed by atoms with Gasteiger partial charge in [0.25, 0.3) is 0 Å². The average molecular weight is 386 g/mol. The number of aromatic nitrogens is 3. The molecular weight excluding hydrogens is 370 g/mol. The minimum Gasteiger partial charge on any atom is -0.229 e. The number of fused-ring (bicyclic) bond motifs is 2. The topological polar surface area (TPSA) is 38.7 Å². The van der Waals surface area contributed by atoms with E-state index in [4.69, 9.17) is 4.98 Å². The van der Waals surface area contributed by atoms with Crippen molar-refractivity contribution in [3.8, 4) is 11.3 Å². The lowest BCUT2D eigenvalue weighted by atomic mass is 10.0. The summed E-state index contributed by atoms with van der Waals surface area (Å²) >= 11 is 3.27. The molecule has 5 aromatic rings. The summed E-state index contributed by atoms with van der Waals surface area (Å²) in [5, 5.41) is 12.2. The highest BCUT2D eigenvalue weighted by molar-refractivity contribution is 8.01. The molecule has 130 valence electrons. The standard InChI is InChI=1S/C22H15N3S2/c1-14-10-12-15(13-11-14)20-16-6-2-3-7-17(16)21(25-24-20)27-22-23-18-8-4-5-9-19(18)26-22/h2-13H,1H3. The van der Waals surface area contributed by atoms with E-state index in [1.807, 2.05) is 30.3 Å². The Labute approximate surface area is 165 Å². The Morgan fingerprint density at radius 2 is 1.52 bits per heavy atom. The molecule has 0 amide bonds. The van der Waals surface area contributed by atoms with E-state index in [-0.39, 0.29) is 0 Å². The van der Waals surface area contributed by atoms with Crippen LogP contribution in [0.15, 0.2) is 82.2 Å². The van der Waals surface area contributed by atoms with E-state index in [1.165, 1.54) is 10.3 Å². The van der Waals surface area contributed by atoms with Crippen LogP contribution in [-0.2, 0) is 0 Å². The first-order valence-electron chi connectivity index (χ1n) is 8.64. The quantitative estimate of drug-likeness (QED) is 0.362. The van der Waals surface area contributed by atoms with Crippen molar-refractivity contribution in [2.75, 3.05) is 0 Å². The second kappa shape index (κ2) is 6.76. The number of hydrogen-bond donors (Lipinski definition) is 0. The molecule has 27 heavy (non-hydrogen) atoms. The molecule has 0 atom stereocenters. The molecule has 3 nitrogen and oxygen atoms in total. The number of hydrogen-bond acceptors (Lipinski definition) is 5. The van der Waals surface area contributed by atoms with Crippen molar-refractivity contribution < 1.29 is 0 Å². The van der Waals surface area contributed by atoms with Gasteiger partial charge in [-0.15, -0.1) is 21.5 Å². The summed E-state index contributed by atoms with van der Waals surface area (Å²) in [6, 6.07) is 24.9. The molecule has 0 spiro atoms. The zero-order valence-electron chi connectivity index (χ0n) is 14.6. The molecule has 0 aliphatic heterocycles. The summed E-state index contributed by atoms with van der Waals surface area (Å²) in [4.78, 5) is 4.72. The Balaban J connectivity index is 1.61. The first-order chi connectivity index (χ1) is 13.3. The summed E-state index contributed by atoms with van der Waals surface area (Å²) in [7, 11) is 0. The Hall–Kier alpha value is -2.76. The van der Waals surface area contributed by atoms with Crippen LogP contribution in [0.2, 0.25) is 0 Å². The predicted molar refractivity (Wildman–Crippen MR) is 113 cm³/mol. The van der Waals surface area contributed by atoms with Gasteiger partial charge < -0.3 is 0 Å². The SMILES string of the molecule is Cc1ccc(-c2nnc(Sc3nc4ccccc4s3)c3ccccc23)cc1. The summed E-state index contributed by atoms with van der Waals surface area (Å²) in [6.07, 6.45) is 0. The van der Waals surface area contributed by atoms with Gasteiger partial charge in [0.05, 0.1) is 10.2 Å². The van der Waals surface area contributed by atoms with Gasteiger partial charge in [0.1, 0.15) is 10.7 Å². The zero-order valence-corrected chi connectivity index (χ0v) is 16.2. The average Bonchev–Trinajstić information content (AvgIpc) is 3.11.